The van der Waals surface area contributed by atoms with Crippen molar-refractivity contribution in [3.8, 4) is 11.6 Å². The molecule has 31 heavy (non-hydrogen) atoms. The number of hydrogen-bond donors (Lipinski definition) is 2. The zero-order chi connectivity index (χ0) is 23.1. The van der Waals surface area contributed by atoms with E-state index in [0.29, 0.717) is 31.0 Å². The van der Waals surface area contributed by atoms with Crippen molar-refractivity contribution < 1.29 is 37.0 Å². The molecule has 9 nitrogen and oxygen atoms in total. The first-order valence-corrected chi connectivity index (χ1v) is 9.70. The van der Waals surface area contributed by atoms with E-state index in [1.807, 2.05) is 0 Å². The number of hydrogen-bond acceptors (Lipinski definition) is 8. The number of amides is 2. The highest BCUT2D eigenvalue weighted by Gasteiger charge is 2.25. The lowest BCUT2D eigenvalue weighted by Gasteiger charge is -2.17. The quantitative estimate of drug-likeness (QED) is 0.456. The number of anilines is 1. The van der Waals surface area contributed by atoms with E-state index in [0.717, 1.165) is 13.2 Å². The molecule has 2 rings (SSSR count). The largest absolute Gasteiger partial charge is 0.513 e. The van der Waals surface area contributed by atoms with Gasteiger partial charge in [0.15, 0.2) is 16.6 Å². The Morgan fingerprint density at radius 1 is 1.29 bits per heavy atom. The minimum atomic E-state index is -1.40. The maximum atomic E-state index is 14.1. The number of benzene rings is 1. The Kier molecular flexibility index (Phi) is 8.45. The first-order valence-electron chi connectivity index (χ1n) is 8.93. The molecule has 0 radical (unpaired) electrons. The normalized spacial score (nSPS) is 10.5. The topological polar surface area (TPSA) is 116 Å². The lowest BCUT2D eigenvalue weighted by molar-refractivity contribution is 0.119. The van der Waals surface area contributed by atoms with Crippen LogP contribution < -0.4 is 20.5 Å². The molecule has 0 atom stereocenters. The van der Waals surface area contributed by atoms with Gasteiger partial charge in [-0.2, -0.15) is 0 Å². The molecule has 0 saturated carbocycles. The number of ether oxygens (including phenoxy) is 3. The molecule has 1 heterocycles. The van der Waals surface area contributed by atoms with Gasteiger partial charge in [-0.05, 0) is 43.1 Å². The molecule has 1 aromatic heterocycles. The van der Waals surface area contributed by atoms with Gasteiger partial charge in [0.1, 0.15) is 12.4 Å². The van der Waals surface area contributed by atoms with Crippen LogP contribution in [0.1, 0.15) is 17.5 Å². The van der Waals surface area contributed by atoms with Crippen LogP contribution in [0, 0.1) is 24.4 Å². The fourth-order valence-electron chi connectivity index (χ4n) is 2.30. The minimum absolute atomic E-state index is 0.0129. The lowest BCUT2D eigenvalue weighted by atomic mass is 10.1. The van der Waals surface area contributed by atoms with Crippen molar-refractivity contribution in [2.75, 3.05) is 32.6 Å². The molecule has 0 spiro atoms. The maximum Gasteiger partial charge on any atom is 0.513 e. The molecule has 0 saturated heterocycles. The Hall–Kier alpha value is -3.06. The zero-order valence-corrected chi connectivity index (χ0v) is 17.8. The summed E-state index contributed by atoms with van der Waals surface area (Å²) in [4.78, 5) is 25.2. The van der Waals surface area contributed by atoms with E-state index in [1.54, 1.807) is 0 Å². The van der Waals surface area contributed by atoms with E-state index in [9.17, 15) is 22.8 Å². The predicted octanol–water partition coefficient (Wildman–Crippen LogP) is 3.41. The van der Waals surface area contributed by atoms with Gasteiger partial charge in [0, 0.05) is 13.6 Å². The van der Waals surface area contributed by atoms with Crippen molar-refractivity contribution in [1.29, 1.82) is 0 Å². The van der Waals surface area contributed by atoms with Crippen molar-refractivity contribution in [3.63, 3.8) is 0 Å². The second-order valence-electron chi connectivity index (χ2n) is 6.27. The van der Waals surface area contributed by atoms with Gasteiger partial charge in [-0.25, -0.2) is 22.8 Å². The predicted molar refractivity (Wildman–Crippen MR) is 106 cm³/mol. The molecule has 0 aliphatic carbocycles. The first-order chi connectivity index (χ1) is 14.7. The molecule has 0 aliphatic rings. The average Bonchev–Trinajstić information content (AvgIpc) is 3.10. The monoisotopic (exact) mass is 462 g/mol. The van der Waals surface area contributed by atoms with Crippen LogP contribution in [0.25, 0.3) is 0 Å². The maximum absolute atomic E-state index is 14.1. The molecule has 0 unspecified atom stereocenters. The Morgan fingerprint density at radius 2 is 2.00 bits per heavy atom. The number of carbonyl (C=O) groups is 2. The van der Waals surface area contributed by atoms with Crippen LogP contribution in [-0.4, -0.2) is 48.7 Å². The van der Waals surface area contributed by atoms with E-state index < -0.39 is 41.8 Å². The molecule has 0 aliphatic heterocycles. The highest BCUT2D eigenvalue weighted by atomic mass is 32.1. The summed E-state index contributed by atoms with van der Waals surface area (Å²) in [5.74, 6) is -4.31. The standard InChI is InChI=1S/C18H21F3N4O5S/c1-9-7-11(19)10(13(21)12(9)20)8-29-15-14(30-18(27)28-3)16(31-24-15)23-17(26)25(2)6-4-5-22/h7H,4-6,8,22H2,1-3H3,(H,23,26). The van der Waals surface area contributed by atoms with Gasteiger partial charge in [0.2, 0.25) is 5.75 Å². The number of carbonyl (C=O) groups excluding carboxylic acids is 2. The van der Waals surface area contributed by atoms with Crippen LogP contribution in [0.15, 0.2) is 6.07 Å². The van der Waals surface area contributed by atoms with Crippen LogP contribution in [0.3, 0.4) is 0 Å². The molecular weight excluding hydrogens is 441 g/mol. The summed E-state index contributed by atoms with van der Waals surface area (Å²) in [6.07, 6.45) is -0.577. The number of aryl methyl sites for hydroxylation is 1. The number of aromatic nitrogens is 1. The van der Waals surface area contributed by atoms with Crippen molar-refractivity contribution in [2.24, 2.45) is 5.73 Å². The number of methoxy groups -OCH3 is 1. The molecule has 2 aromatic rings. The van der Waals surface area contributed by atoms with E-state index in [1.165, 1.54) is 18.9 Å². The number of halogens is 3. The van der Waals surface area contributed by atoms with Crippen LogP contribution in [0.5, 0.6) is 11.6 Å². The third kappa shape index (κ3) is 5.98. The number of nitrogens with two attached hydrogens (primary N) is 1. The third-order valence-electron chi connectivity index (χ3n) is 4.03. The van der Waals surface area contributed by atoms with Gasteiger partial charge in [-0.15, -0.1) is 4.37 Å². The summed E-state index contributed by atoms with van der Waals surface area (Å²) < 4.78 is 60.4. The summed E-state index contributed by atoms with van der Waals surface area (Å²) >= 11 is 0.695. The van der Waals surface area contributed by atoms with Crippen LogP contribution >= 0.6 is 11.5 Å². The number of urea groups is 1. The summed E-state index contributed by atoms with van der Waals surface area (Å²) in [6.45, 7) is 1.23. The average molecular weight is 462 g/mol. The number of rotatable bonds is 8. The SMILES string of the molecule is COC(=O)Oc1c(OCc2c(F)cc(C)c(F)c2F)nsc1NC(=O)N(C)CCCN. The smallest absolute Gasteiger partial charge is 0.469 e. The minimum Gasteiger partial charge on any atom is -0.469 e. The van der Waals surface area contributed by atoms with E-state index in [4.69, 9.17) is 15.2 Å². The number of nitrogens with one attached hydrogen (secondary N) is 1. The van der Waals surface area contributed by atoms with Gasteiger partial charge >= 0.3 is 12.2 Å². The summed E-state index contributed by atoms with van der Waals surface area (Å²) in [6, 6.07) is 0.281. The highest BCUT2D eigenvalue weighted by Crippen LogP contribution is 2.40. The van der Waals surface area contributed by atoms with E-state index in [-0.39, 0.29) is 22.2 Å². The third-order valence-corrected chi connectivity index (χ3v) is 4.75. The van der Waals surface area contributed by atoms with Gasteiger partial charge in [0.25, 0.3) is 5.88 Å². The molecule has 0 fully saturated rings. The summed E-state index contributed by atoms with van der Waals surface area (Å²) in [5.41, 5.74) is 4.54. The summed E-state index contributed by atoms with van der Waals surface area (Å²) in [5, 5.41) is 2.47. The fourth-order valence-corrected chi connectivity index (χ4v) is 2.95. The van der Waals surface area contributed by atoms with E-state index in [2.05, 4.69) is 14.4 Å². The molecule has 1 aromatic carbocycles. The van der Waals surface area contributed by atoms with Gasteiger partial charge in [-0.1, -0.05) is 0 Å². The lowest BCUT2D eigenvalue weighted by Crippen LogP contribution is -2.32. The molecule has 170 valence electrons. The van der Waals surface area contributed by atoms with Crippen molar-refractivity contribution in [3.05, 3.63) is 34.6 Å². The molecule has 13 heteroatoms. The van der Waals surface area contributed by atoms with Crippen LogP contribution in [0.2, 0.25) is 0 Å². The second kappa shape index (κ2) is 10.8. The molecule has 3 N–H and O–H groups in total. The highest BCUT2D eigenvalue weighted by molar-refractivity contribution is 7.11. The number of nitrogens with zero attached hydrogens (tertiary/aromatic N) is 2. The zero-order valence-electron chi connectivity index (χ0n) is 17.0. The summed E-state index contributed by atoms with van der Waals surface area (Å²) in [7, 11) is 2.59. The first kappa shape index (κ1) is 24.2. The van der Waals surface area contributed by atoms with Crippen molar-refractivity contribution in [2.45, 2.75) is 20.0 Å². The van der Waals surface area contributed by atoms with Crippen molar-refractivity contribution >= 4 is 28.7 Å². The second-order valence-corrected chi connectivity index (χ2v) is 7.04. The Morgan fingerprint density at radius 3 is 2.65 bits per heavy atom. The Balaban J connectivity index is 2.25. The van der Waals surface area contributed by atoms with E-state index >= 15 is 0 Å². The molecule has 0 bridgehead atoms. The van der Waals surface area contributed by atoms with Crippen molar-refractivity contribution in [1.82, 2.24) is 9.27 Å². The van der Waals surface area contributed by atoms with Gasteiger partial charge in [0.05, 0.1) is 12.7 Å². The Bertz CT molecular complexity index is 957. The van der Waals surface area contributed by atoms with Crippen LogP contribution in [0.4, 0.5) is 27.8 Å². The van der Waals surface area contributed by atoms with Crippen LogP contribution in [-0.2, 0) is 11.3 Å². The molecular formula is C18H21F3N4O5S. The fraction of sp³-hybridized carbons (Fsp3) is 0.389. The van der Waals surface area contributed by atoms with Gasteiger partial charge in [-0.3, -0.25) is 5.32 Å². The molecule has 2 amide bonds. The Labute approximate surface area is 180 Å². The van der Waals surface area contributed by atoms with Gasteiger partial charge < -0.3 is 24.8 Å².